The number of nitrogens with two attached hydrogens (primary N) is 1. The Morgan fingerprint density at radius 3 is 2.42 bits per heavy atom. The number of hydrogen-bond acceptors (Lipinski definition) is 1. The summed E-state index contributed by atoms with van der Waals surface area (Å²) in [4.78, 5) is 0. The van der Waals surface area contributed by atoms with Crippen molar-refractivity contribution in [1.29, 1.82) is 0 Å². The molecule has 2 aliphatic rings. The molecule has 0 saturated heterocycles. The first-order chi connectivity index (χ1) is 5.71. The van der Waals surface area contributed by atoms with E-state index in [1.807, 2.05) is 0 Å². The summed E-state index contributed by atoms with van der Waals surface area (Å²) in [6.07, 6.45) is 9.77. The Morgan fingerprint density at radius 1 is 1.33 bits per heavy atom. The summed E-state index contributed by atoms with van der Waals surface area (Å²) in [6, 6.07) is 0.493. The maximum absolute atomic E-state index is 6.25. The van der Waals surface area contributed by atoms with Gasteiger partial charge in [0, 0.05) is 6.04 Å². The van der Waals surface area contributed by atoms with Gasteiger partial charge in [-0.05, 0) is 30.6 Å². The molecule has 1 heteroatoms. The lowest BCUT2D eigenvalue weighted by Gasteiger charge is -2.31. The van der Waals surface area contributed by atoms with Crippen LogP contribution >= 0.6 is 0 Å². The van der Waals surface area contributed by atoms with Crippen LogP contribution in [0.1, 0.15) is 51.9 Å². The maximum Gasteiger partial charge on any atom is 0.00955 e. The van der Waals surface area contributed by atoms with Gasteiger partial charge in [-0.15, -0.1) is 0 Å². The van der Waals surface area contributed by atoms with E-state index in [1.54, 1.807) is 0 Å². The Kier molecular flexibility index (Phi) is 2.16. The van der Waals surface area contributed by atoms with Gasteiger partial charge in [0.05, 0.1) is 0 Å². The molecule has 1 nitrogen and oxygen atoms in total. The highest BCUT2D eigenvalue weighted by Gasteiger charge is 2.37. The lowest BCUT2D eigenvalue weighted by atomic mass is 9.79. The monoisotopic (exact) mass is 167 g/mol. The summed E-state index contributed by atoms with van der Waals surface area (Å²) in [7, 11) is 0. The first-order valence-electron chi connectivity index (χ1n) is 5.46. The smallest absolute Gasteiger partial charge is 0.00955 e. The second-order valence-electron chi connectivity index (χ2n) is 5.15. The van der Waals surface area contributed by atoms with Crippen molar-refractivity contribution in [3.05, 3.63) is 0 Å². The van der Waals surface area contributed by atoms with Crippen LogP contribution < -0.4 is 5.73 Å². The van der Waals surface area contributed by atoms with Crippen molar-refractivity contribution in [3.8, 4) is 0 Å². The zero-order valence-corrected chi connectivity index (χ0v) is 8.18. The normalized spacial score (nSPS) is 30.5. The zero-order chi connectivity index (χ0) is 8.60. The van der Waals surface area contributed by atoms with Gasteiger partial charge in [0.1, 0.15) is 0 Å². The van der Waals surface area contributed by atoms with Gasteiger partial charge >= 0.3 is 0 Å². The Morgan fingerprint density at radius 2 is 1.92 bits per heavy atom. The summed E-state index contributed by atoms with van der Waals surface area (Å²) in [5.41, 5.74) is 6.76. The van der Waals surface area contributed by atoms with E-state index in [-0.39, 0.29) is 0 Å². The molecule has 2 rings (SSSR count). The van der Waals surface area contributed by atoms with Crippen molar-refractivity contribution in [3.63, 3.8) is 0 Å². The Balaban J connectivity index is 1.87. The first-order valence-corrected chi connectivity index (χ1v) is 5.46. The van der Waals surface area contributed by atoms with Gasteiger partial charge in [0.15, 0.2) is 0 Å². The maximum atomic E-state index is 6.25. The molecular weight excluding hydrogens is 146 g/mol. The molecule has 0 amide bonds. The van der Waals surface area contributed by atoms with E-state index in [0.29, 0.717) is 11.5 Å². The van der Waals surface area contributed by atoms with E-state index >= 15 is 0 Å². The van der Waals surface area contributed by atoms with Crippen LogP contribution in [0.3, 0.4) is 0 Å². The van der Waals surface area contributed by atoms with Crippen molar-refractivity contribution in [2.75, 3.05) is 0 Å². The molecule has 70 valence electrons. The minimum absolute atomic E-state index is 0.493. The van der Waals surface area contributed by atoms with Crippen molar-refractivity contribution in [2.24, 2.45) is 17.1 Å². The largest absolute Gasteiger partial charge is 0.327 e. The van der Waals surface area contributed by atoms with E-state index in [9.17, 15) is 0 Å². The van der Waals surface area contributed by atoms with Crippen molar-refractivity contribution >= 4 is 0 Å². The van der Waals surface area contributed by atoms with Gasteiger partial charge in [-0.25, -0.2) is 0 Å². The fourth-order valence-corrected chi connectivity index (χ4v) is 2.55. The Hall–Kier alpha value is -0.0400. The number of rotatable bonds is 3. The molecule has 2 aliphatic carbocycles. The van der Waals surface area contributed by atoms with E-state index in [2.05, 4.69) is 6.92 Å². The molecule has 2 N–H and O–H groups in total. The third kappa shape index (κ3) is 1.66. The molecule has 0 heterocycles. The van der Waals surface area contributed by atoms with Crippen molar-refractivity contribution in [2.45, 2.75) is 57.9 Å². The molecule has 0 spiro atoms. The van der Waals surface area contributed by atoms with Crippen molar-refractivity contribution in [1.82, 2.24) is 0 Å². The molecule has 0 aromatic carbocycles. The van der Waals surface area contributed by atoms with Gasteiger partial charge in [0.25, 0.3) is 0 Å². The zero-order valence-electron chi connectivity index (χ0n) is 8.18. The summed E-state index contributed by atoms with van der Waals surface area (Å²) >= 11 is 0. The molecule has 12 heavy (non-hydrogen) atoms. The van der Waals surface area contributed by atoms with Gasteiger partial charge < -0.3 is 5.73 Å². The molecule has 0 bridgehead atoms. The highest BCUT2D eigenvalue weighted by atomic mass is 14.7. The Bertz CT molecular complexity index is 154. The lowest BCUT2D eigenvalue weighted by Crippen LogP contribution is -2.37. The van der Waals surface area contributed by atoms with E-state index in [0.717, 1.165) is 5.92 Å². The third-order valence-corrected chi connectivity index (χ3v) is 3.93. The van der Waals surface area contributed by atoms with Crippen LogP contribution in [0.25, 0.3) is 0 Å². The van der Waals surface area contributed by atoms with Crippen LogP contribution in [0.2, 0.25) is 0 Å². The fourth-order valence-electron chi connectivity index (χ4n) is 2.55. The van der Waals surface area contributed by atoms with E-state index < -0.39 is 0 Å². The molecule has 0 aromatic heterocycles. The van der Waals surface area contributed by atoms with Gasteiger partial charge in [-0.1, -0.05) is 32.6 Å². The highest BCUT2D eigenvalue weighted by molar-refractivity contribution is 4.92. The minimum atomic E-state index is 0.493. The van der Waals surface area contributed by atoms with E-state index in [1.165, 1.54) is 44.9 Å². The second-order valence-corrected chi connectivity index (χ2v) is 5.15. The van der Waals surface area contributed by atoms with Gasteiger partial charge in [-0.2, -0.15) is 0 Å². The standard InChI is InChI=1S/C11H21N/c1-11(6-2-3-7-11)10(12)8-9-4-5-9/h9-10H,2-8,12H2,1H3. The summed E-state index contributed by atoms with van der Waals surface area (Å²) in [6.45, 7) is 2.40. The third-order valence-electron chi connectivity index (χ3n) is 3.93. The van der Waals surface area contributed by atoms with Crippen LogP contribution in [0.5, 0.6) is 0 Å². The second kappa shape index (κ2) is 3.02. The minimum Gasteiger partial charge on any atom is -0.327 e. The summed E-state index contributed by atoms with van der Waals surface area (Å²) < 4.78 is 0. The quantitative estimate of drug-likeness (QED) is 0.687. The summed E-state index contributed by atoms with van der Waals surface area (Å²) in [5.74, 6) is 0.998. The van der Waals surface area contributed by atoms with Crippen LogP contribution in [0.4, 0.5) is 0 Å². The summed E-state index contributed by atoms with van der Waals surface area (Å²) in [5, 5.41) is 0. The molecular formula is C11H21N. The molecule has 2 fully saturated rings. The average molecular weight is 167 g/mol. The van der Waals surface area contributed by atoms with Crippen LogP contribution in [0.15, 0.2) is 0 Å². The first kappa shape index (κ1) is 8.55. The highest BCUT2D eigenvalue weighted by Crippen LogP contribution is 2.44. The average Bonchev–Trinajstić information content (AvgIpc) is 2.73. The predicted molar refractivity (Wildman–Crippen MR) is 51.9 cm³/mol. The Labute approximate surface area is 75.7 Å². The van der Waals surface area contributed by atoms with Crippen LogP contribution in [0, 0.1) is 11.3 Å². The van der Waals surface area contributed by atoms with Gasteiger partial charge in [-0.3, -0.25) is 0 Å². The van der Waals surface area contributed by atoms with Crippen molar-refractivity contribution < 1.29 is 0 Å². The molecule has 1 unspecified atom stereocenters. The van der Waals surface area contributed by atoms with Gasteiger partial charge in [0.2, 0.25) is 0 Å². The number of hydrogen-bond donors (Lipinski definition) is 1. The van der Waals surface area contributed by atoms with Crippen LogP contribution in [-0.2, 0) is 0 Å². The molecule has 0 aromatic rings. The molecule has 2 saturated carbocycles. The molecule has 0 aliphatic heterocycles. The fraction of sp³-hybridized carbons (Fsp3) is 1.00. The lowest BCUT2D eigenvalue weighted by molar-refractivity contribution is 0.243. The molecule has 1 atom stereocenters. The molecule has 0 radical (unpaired) electrons. The van der Waals surface area contributed by atoms with Crippen LogP contribution in [-0.4, -0.2) is 6.04 Å². The SMILES string of the molecule is CC1(C(N)CC2CC2)CCCC1. The topological polar surface area (TPSA) is 26.0 Å². The predicted octanol–water partition coefficient (Wildman–Crippen LogP) is 2.69. The van der Waals surface area contributed by atoms with E-state index in [4.69, 9.17) is 5.73 Å².